The standard InChI is InChI=1S/C11H21NO/c1-3-6-11(13)7-9-4-5-10(8-11)12(9)2/h9-10,13H,3-8H2,1-2H3. The zero-order valence-corrected chi connectivity index (χ0v) is 8.79. The van der Waals surface area contributed by atoms with Crippen molar-refractivity contribution in [3.63, 3.8) is 0 Å². The minimum atomic E-state index is -0.326. The van der Waals surface area contributed by atoms with Crippen LogP contribution in [0.4, 0.5) is 0 Å². The van der Waals surface area contributed by atoms with Crippen molar-refractivity contribution in [1.82, 2.24) is 4.90 Å². The molecule has 0 aliphatic carbocycles. The number of hydrogen-bond donors (Lipinski definition) is 1. The van der Waals surface area contributed by atoms with Crippen molar-refractivity contribution in [3.8, 4) is 0 Å². The van der Waals surface area contributed by atoms with Gasteiger partial charge in [0.05, 0.1) is 5.60 Å². The van der Waals surface area contributed by atoms with Crippen LogP contribution in [0.25, 0.3) is 0 Å². The summed E-state index contributed by atoms with van der Waals surface area (Å²) in [6.07, 6.45) is 6.72. The average Bonchev–Trinajstić information content (AvgIpc) is 2.34. The van der Waals surface area contributed by atoms with Gasteiger partial charge in [0.25, 0.3) is 0 Å². The second-order valence-corrected chi connectivity index (χ2v) is 4.93. The van der Waals surface area contributed by atoms with E-state index >= 15 is 0 Å². The van der Waals surface area contributed by atoms with Crippen molar-refractivity contribution in [3.05, 3.63) is 0 Å². The zero-order valence-electron chi connectivity index (χ0n) is 8.79. The highest BCUT2D eigenvalue weighted by Gasteiger charge is 2.45. The van der Waals surface area contributed by atoms with Crippen LogP contribution in [0.5, 0.6) is 0 Å². The van der Waals surface area contributed by atoms with Gasteiger partial charge in [-0.3, -0.25) is 0 Å². The minimum absolute atomic E-state index is 0.326. The van der Waals surface area contributed by atoms with Gasteiger partial charge in [0.15, 0.2) is 0 Å². The lowest BCUT2D eigenvalue weighted by molar-refractivity contribution is -0.0503. The van der Waals surface area contributed by atoms with Gasteiger partial charge in [-0.05, 0) is 39.2 Å². The highest BCUT2D eigenvalue weighted by Crippen LogP contribution is 2.41. The summed E-state index contributed by atoms with van der Waals surface area (Å²) >= 11 is 0. The quantitative estimate of drug-likeness (QED) is 0.705. The molecule has 2 saturated heterocycles. The smallest absolute Gasteiger partial charge is 0.0677 e. The van der Waals surface area contributed by atoms with E-state index in [1.807, 2.05) is 0 Å². The van der Waals surface area contributed by atoms with Crippen molar-refractivity contribution in [1.29, 1.82) is 0 Å². The van der Waals surface area contributed by atoms with Crippen molar-refractivity contribution in [2.24, 2.45) is 0 Å². The molecule has 2 nitrogen and oxygen atoms in total. The molecule has 2 atom stereocenters. The Labute approximate surface area is 80.9 Å². The third kappa shape index (κ3) is 1.62. The van der Waals surface area contributed by atoms with E-state index in [-0.39, 0.29) is 5.60 Å². The van der Waals surface area contributed by atoms with Crippen LogP contribution in [0.2, 0.25) is 0 Å². The van der Waals surface area contributed by atoms with Gasteiger partial charge < -0.3 is 10.0 Å². The summed E-state index contributed by atoms with van der Waals surface area (Å²) in [6, 6.07) is 1.32. The van der Waals surface area contributed by atoms with Gasteiger partial charge in [-0.25, -0.2) is 0 Å². The minimum Gasteiger partial charge on any atom is -0.390 e. The Morgan fingerprint density at radius 3 is 2.31 bits per heavy atom. The Morgan fingerprint density at radius 2 is 1.85 bits per heavy atom. The third-order valence-electron chi connectivity index (χ3n) is 3.93. The molecule has 2 rings (SSSR count). The highest BCUT2D eigenvalue weighted by molar-refractivity contribution is 5.00. The SMILES string of the molecule is CCCC1(O)CC2CCC(C1)N2C. The molecule has 0 spiro atoms. The number of nitrogens with zero attached hydrogens (tertiary/aromatic N) is 1. The van der Waals surface area contributed by atoms with Crippen molar-refractivity contribution < 1.29 is 5.11 Å². The molecule has 0 amide bonds. The molecule has 2 heterocycles. The van der Waals surface area contributed by atoms with Crippen molar-refractivity contribution in [2.45, 2.75) is 63.1 Å². The first-order valence-electron chi connectivity index (χ1n) is 5.59. The van der Waals surface area contributed by atoms with Gasteiger partial charge in [0.1, 0.15) is 0 Å². The van der Waals surface area contributed by atoms with Crippen LogP contribution in [0, 0.1) is 0 Å². The Kier molecular flexibility index (Phi) is 2.37. The van der Waals surface area contributed by atoms with Gasteiger partial charge in [-0.15, -0.1) is 0 Å². The summed E-state index contributed by atoms with van der Waals surface area (Å²) in [5.74, 6) is 0. The third-order valence-corrected chi connectivity index (χ3v) is 3.93. The first-order valence-corrected chi connectivity index (χ1v) is 5.59. The van der Waals surface area contributed by atoms with E-state index in [1.165, 1.54) is 12.8 Å². The second-order valence-electron chi connectivity index (χ2n) is 4.93. The number of hydrogen-bond acceptors (Lipinski definition) is 2. The first-order chi connectivity index (χ1) is 6.14. The van der Waals surface area contributed by atoms with Gasteiger partial charge in [-0.2, -0.15) is 0 Å². The fourth-order valence-corrected chi connectivity index (χ4v) is 3.21. The Morgan fingerprint density at radius 1 is 1.31 bits per heavy atom. The number of rotatable bonds is 2. The Bertz CT molecular complexity index is 179. The molecule has 76 valence electrons. The van der Waals surface area contributed by atoms with Crippen LogP contribution in [0.1, 0.15) is 45.4 Å². The molecule has 0 aromatic carbocycles. The molecule has 1 N–H and O–H groups in total. The molecular weight excluding hydrogens is 162 g/mol. The topological polar surface area (TPSA) is 23.5 Å². The summed E-state index contributed by atoms with van der Waals surface area (Å²) in [4.78, 5) is 2.48. The largest absolute Gasteiger partial charge is 0.390 e. The number of aliphatic hydroxyl groups is 1. The van der Waals surface area contributed by atoms with Crippen LogP contribution < -0.4 is 0 Å². The first kappa shape index (κ1) is 9.47. The van der Waals surface area contributed by atoms with E-state index in [4.69, 9.17) is 0 Å². The maximum atomic E-state index is 10.3. The van der Waals surface area contributed by atoms with E-state index in [1.54, 1.807) is 0 Å². The predicted octanol–water partition coefficient (Wildman–Crippen LogP) is 1.77. The molecular formula is C11H21NO. The maximum absolute atomic E-state index is 10.3. The van der Waals surface area contributed by atoms with Gasteiger partial charge in [-0.1, -0.05) is 13.3 Å². The maximum Gasteiger partial charge on any atom is 0.0677 e. The molecule has 2 bridgehead atoms. The number of piperidine rings is 1. The van der Waals surface area contributed by atoms with Crippen LogP contribution in [0.15, 0.2) is 0 Å². The van der Waals surface area contributed by atoms with Crippen molar-refractivity contribution in [2.75, 3.05) is 7.05 Å². The lowest BCUT2D eigenvalue weighted by Crippen LogP contribution is -2.49. The Balaban J connectivity index is 2.05. The van der Waals surface area contributed by atoms with Crippen LogP contribution in [0.3, 0.4) is 0 Å². The van der Waals surface area contributed by atoms with Crippen LogP contribution in [-0.2, 0) is 0 Å². The summed E-state index contributed by atoms with van der Waals surface area (Å²) in [5, 5.41) is 10.3. The van der Waals surface area contributed by atoms with E-state index in [2.05, 4.69) is 18.9 Å². The molecule has 0 aromatic rings. The van der Waals surface area contributed by atoms with E-state index in [9.17, 15) is 5.11 Å². The van der Waals surface area contributed by atoms with Crippen molar-refractivity contribution >= 4 is 0 Å². The normalized spacial score (nSPS) is 45.5. The van der Waals surface area contributed by atoms with Gasteiger partial charge in [0, 0.05) is 12.1 Å². The molecule has 2 heteroatoms. The molecule has 2 aliphatic rings. The van der Waals surface area contributed by atoms with Gasteiger partial charge in [0.2, 0.25) is 0 Å². The van der Waals surface area contributed by atoms with E-state index in [0.29, 0.717) is 12.1 Å². The molecule has 0 saturated carbocycles. The zero-order chi connectivity index (χ0) is 9.47. The predicted molar refractivity (Wildman–Crippen MR) is 53.7 cm³/mol. The monoisotopic (exact) mass is 183 g/mol. The molecule has 13 heavy (non-hydrogen) atoms. The summed E-state index contributed by atoms with van der Waals surface area (Å²) in [6.45, 7) is 2.16. The lowest BCUT2D eigenvalue weighted by atomic mass is 9.83. The van der Waals surface area contributed by atoms with Crippen LogP contribution in [-0.4, -0.2) is 34.7 Å². The average molecular weight is 183 g/mol. The molecule has 2 unspecified atom stereocenters. The fourth-order valence-electron chi connectivity index (χ4n) is 3.21. The molecule has 2 aliphatic heterocycles. The summed E-state index contributed by atoms with van der Waals surface area (Å²) in [7, 11) is 2.22. The Hall–Kier alpha value is -0.0800. The summed E-state index contributed by atoms with van der Waals surface area (Å²) < 4.78 is 0. The summed E-state index contributed by atoms with van der Waals surface area (Å²) in [5.41, 5.74) is -0.326. The highest BCUT2D eigenvalue weighted by atomic mass is 16.3. The molecule has 2 fully saturated rings. The molecule has 0 radical (unpaired) electrons. The fraction of sp³-hybridized carbons (Fsp3) is 1.00. The van der Waals surface area contributed by atoms with E-state index < -0.39 is 0 Å². The van der Waals surface area contributed by atoms with E-state index in [0.717, 1.165) is 25.7 Å². The lowest BCUT2D eigenvalue weighted by Gasteiger charge is -2.42. The number of fused-ring (bicyclic) bond motifs is 2. The van der Waals surface area contributed by atoms with Gasteiger partial charge >= 0.3 is 0 Å². The molecule has 0 aromatic heterocycles. The van der Waals surface area contributed by atoms with Crippen LogP contribution >= 0.6 is 0 Å². The second kappa shape index (κ2) is 3.25.